The number of urea groups is 1. The molecule has 6 heteroatoms. The van der Waals surface area contributed by atoms with Crippen LogP contribution in [0.15, 0.2) is 22.8 Å². The van der Waals surface area contributed by atoms with E-state index in [1.54, 1.807) is 19.1 Å². The number of rotatable bonds is 7. The Morgan fingerprint density at radius 1 is 1.43 bits per heavy atom. The molecule has 23 heavy (non-hydrogen) atoms. The fourth-order valence-electron chi connectivity index (χ4n) is 2.78. The van der Waals surface area contributed by atoms with Gasteiger partial charge in [-0.2, -0.15) is 0 Å². The maximum Gasteiger partial charge on any atom is 0.314 e. The van der Waals surface area contributed by atoms with Crippen LogP contribution in [0.2, 0.25) is 0 Å². The number of nitrogens with one attached hydrogen (secondary N) is 2. The molecule has 1 saturated heterocycles. The van der Waals surface area contributed by atoms with E-state index in [0.717, 1.165) is 18.9 Å². The second-order valence-electron chi connectivity index (χ2n) is 6.74. The number of carbonyl (C=O) groups excluding carboxylic acids is 1. The number of aliphatic hydroxyl groups is 1. The SMILES string of the molecule is CC1CCN(CCCNC(=O)NCC(C)(O)c2ccco2)CC1. The third-order valence-electron chi connectivity index (χ3n) is 4.46. The zero-order valence-electron chi connectivity index (χ0n) is 14.2. The summed E-state index contributed by atoms with van der Waals surface area (Å²) < 4.78 is 5.18. The fraction of sp³-hybridized carbons (Fsp3) is 0.706. The van der Waals surface area contributed by atoms with Crippen LogP contribution < -0.4 is 10.6 Å². The van der Waals surface area contributed by atoms with Crippen molar-refractivity contribution in [2.24, 2.45) is 5.92 Å². The topological polar surface area (TPSA) is 77.7 Å². The van der Waals surface area contributed by atoms with Crippen LogP contribution in [0, 0.1) is 5.92 Å². The van der Waals surface area contributed by atoms with Crippen molar-refractivity contribution in [3.05, 3.63) is 24.2 Å². The smallest absolute Gasteiger partial charge is 0.314 e. The number of carbonyl (C=O) groups is 1. The summed E-state index contributed by atoms with van der Waals surface area (Å²) in [6.45, 7) is 8.03. The molecular formula is C17H29N3O3. The van der Waals surface area contributed by atoms with Crippen LogP contribution in [-0.4, -0.2) is 48.8 Å². The summed E-state index contributed by atoms with van der Waals surface area (Å²) >= 11 is 0. The molecule has 6 nitrogen and oxygen atoms in total. The molecule has 1 atom stereocenters. The molecule has 0 saturated carbocycles. The molecule has 130 valence electrons. The van der Waals surface area contributed by atoms with Crippen molar-refractivity contribution in [1.82, 2.24) is 15.5 Å². The van der Waals surface area contributed by atoms with Gasteiger partial charge in [0.1, 0.15) is 11.4 Å². The van der Waals surface area contributed by atoms with Gasteiger partial charge in [0.25, 0.3) is 0 Å². The van der Waals surface area contributed by atoms with E-state index in [4.69, 9.17) is 4.42 Å². The summed E-state index contributed by atoms with van der Waals surface area (Å²) in [5.74, 6) is 1.29. The van der Waals surface area contributed by atoms with Crippen molar-refractivity contribution in [1.29, 1.82) is 0 Å². The maximum absolute atomic E-state index is 11.8. The number of furan rings is 1. The Balaban J connectivity index is 1.57. The van der Waals surface area contributed by atoms with E-state index in [0.29, 0.717) is 12.3 Å². The Morgan fingerprint density at radius 2 is 2.17 bits per heavy atom. The van der Waals surface area contributed by atoms with Gasteiger partial charge in [0, 0.05) is 6.54 Å². The molecule has 1 unspecified atom stereocenters. The molecule has 1 aliphatic rings. The monoisotopic (exact) mass is 323 g/mol. The first kappa shape index (κ1) is 17.8. The van der Waals surface area contributed by atoms with Gasteiger partial charge in [-0.25, -0.2) is 4.79 Å². The van der Waals surface area contributed by atoms with Crippen molar-refractivity contribution in [3.8, 4) is 0 Å². The standard InChI is InChI=1S/C17H29N3O3/c1-14-6-10-20(11-7-14)9-4-8-18-16(21)19-13-17(2,22)15-5-3-12-23-15/h3,5,12,14,22H,4,6-11,13H2,1-2H3,(H2,18,19,21). The van der Waals surface area contributed by atoms with E-state index < -0.39 is 5.60 Å². The molecule has 2 amide bonds. The first-order valence-electron chi connectivity index (χ1n) is 8.48. The van der Waals surface area contributed by atoms with E-state index in [1.807, 2.05) is 0 Å². The van der Waals surface area contributed by atoms with Crippen molar-refractivity contribution in [2.75, 3.05) is 32.7 Å². The molecule has 0 radical (unpaired) electrons. The van der Waals surface area contributed by atoms with Gasteiger partial charge in [0.2, 0.25) is 0 Å². The first-order chi connectivity index (χ1) is 11.0. The number of piperidine rings is 1. The van der Waals surface area contributed by atoms with Gasteiger partial charge >= 0.3 is 6.03 Å². The minimum absolute atomic E-state index is 0.108. The molecule has 0 aliphatic carbocycles. The third-order valence-corrected chi connectivity index (χ3v) is 4.46. The number of nitrogens with zero attached hydrogens (tertiary/aromatic N) is 1. The Hall–Kier alpha value is -1.53. The van der Waals surface area contributed by atoms with Crippen molar-refractivity contribution >= 4 is 6.03 Å². The van der Waals surface area contributed by atoms with Crippen LogP contribution in [0.5, 0.6) is 0 Å². The highest BCUT2D eigenvalue weighted by Gasteiger charge is 2.26. The average molecular weight is 323 g/mol. The van der Waals surface area contributed by atoms with E-state index >= 15 is 0 Å². The van der Waals surface area contributed by atoms with Crippen LogP contribution in [0.3, 0.4) is 0 Å². The lowest BCUT2D eigenvalue weighted by Crippen LogP contribution is -2.44. The number of hydrogen-bond acceptors (Lipinski definition) is 4. The van der Waals surface area contributed by atoms with Crippen LogP contribution in [0.25, 0.3) is 0 Å². The summed E-state index contributed by atoms with van der Waals surface area (Å²) in [6.07, 6.45) is 4.99. The zero-order chi connectivity index (χ0) is 16.7. The van der Waals surface area contributed by atoms with Crippen LogP contribution in [0.1, 0.15) is 38.9 Å². The second-order valence-corrected chi connectivity index (χ2v) is 6.74. The molecule has 3 N–H and O–H groups in total. The van der Waals surface area contributed by atoms with Crippen molar-refractivity contribution in [2.45, 2.75) is 38.7 Å². The Morgan fingerprint density at radius 3 is 2.83 bits per heavy atom. The molecule has 1 fully saturated rings. The average Bonchev–Trinajstić information content (AvgIpc) is 3.07. The number of hydrogen-bond donors (Lipinski definition) is 3. The number of likely N-dealkylation sites (tertiary alicyclic amines) is 1. The predicted molar refractivity (Wildman–Crippen MR) is 89.1 cm³/mol. The normalized spacial score (nSPS) is 19.3. The van der Waals surface area contributed by atoms with Crippen molar-refractivity contribution in [3.63, 3.8) is 0 Å². The molecule has 0 spiro atoms. The summed E-state index contributed by atoms with van der Waals surface area (Å²) in [4.78, 5) is 14.2. The second kappa shape index (κ2) is 8.36. The Labute approximate surface area is 138 Å². The highest BCUT2D eigenvalue weighted by atomic mass is 16.4. The minimum atomic E-state index is -1.20. The highest BCUT2D eigenvalue weighted by molar-refractivity contribution is 5.73. The predicted octanol–water partition coefficient (Wildman–Crippen LogP) is 1.91. The number of amides is 2. The van der Waals surface area contributed by atoms with Crippen molar-refractivity contribution < 1.29 is 14.3 Å². The lowest BCUT2D eigenvalue weighted by Gasteiger charge is -2.30. The lowest BCUT2D eigenvalue weighted by molar-refractivity contribution is 0.0367. The maximum atomic E-state index is 11.8. The molecular weight excluding hydrogens is 294 g/mol. The van der Waals surface area contributed by atoms with Gasteiger partial charge in [0.05, 0.1) is 12.8 Å². The van der Waals surface area contributed by atoms with Gasteiger partial charge in [-0.3, -0.25) is 0 Å². The van der Waals surface area contributed by atoms with Crippen LogP contribution >= 0.6 is 0 Å². The van der Waals surface area contributed by atoms with E-state index in [1.165, 1.54) is 32.2 Å². The van der Waals surface area contributed by atoms with Gasteiger partial charge < -0.3 is 25.1 Å². The van der Waals surface area contributed by atoms with Gasteiger partial charge in [0.15, 0.2) is 0 Å². The molecule has 1 aliphatic heterocycles. The zero-order valence-corrected chi connectivity index (χ0v) is 14.2. The molecule has 1 aromatic rings. The fourth-order valence-corrected chi connectivity index (χ4v) is 2.78. The third kappa shape index (κ3) is 5.88. The van der Waals surface area contributed by atoms with Crippen LogP contribution in [-0.2, 0) is 5.60 Å². The first-order valence-corrected chi connectivity index (χ1v) is 8.48. The molecule has 0 bridgehead atoms. The van der Waals surface area contributed by atoms with Crippen LogP contribution in [0.4, 0.5) is 4.79 Å². The molecule has 2 rings (SSSR count). The lowest BCUT2D eigenvalue weighted by atomic mass is 9.99. The Kier molecular flexibility index (Phi) is 6.47. The quantitative estimate of drug-likeness (QED) is 0.670. The highest BCUT2D eigenvalue weighted by Crippen LogP contribution is 2.19. The summed E-state index contributed by atoms with van der Waals surface area (Å²) in [5.41, 5.74) is -1.20. The minimum Gasteiger partial charge on any atom is -0.466 e. The largest absolute Gasteiger partial charge is 0.466 e. The van der Waals surface area contributed by atoms with E-state index in [9.17, 15) is 9.90 Å². The molecule has 1 aromatic heterocycles. The molecule has 0 aromatic carbocycles. The summed E-state index contributed by atoms with van der Waals surface area (Å²) in [6, 6.07) is 3.15. The summed E-state index contributed by atoms with van der Waals surface area (Å²) in [7, 11) is 0. The van der Waals surface area contributed by atoms with E-state index in [-0.39, 0.29) is 12.6 Å². The van der Waals surface area contributed by atoms with Gasteiger partial charge in [-0.1, -0.05) is 6.92 Å². The van der Waals surface area contributed by atoms with E-state index in [2.05, 4.69) is 22.5 Å². The Bertz CT molecular complexity index is 465. The molecule has 2 heterocycles. The van der Waals surface area contributed by atoms with Gasteiger partial charge in [-0.15, -0.1) is 0 Å². The van der Waals surface area contributed by atoms with Gasteiger partial charge in [-0.05, 0) is 63.9 Å². The summed E-state index contributed by atoms with van der Waals surface area (Å²) in [5, 5.41) is 15.8.